The minimum Gasteiger partial charge on any atom is -0.467 e. The van der Waals surface area contributed by atoms with E-state index in [4.69, 9.17) is 13.4 Å². The first-order valence-corrected chi connectivity index (χ1v) is 11.4. The minimum atomic E-state index is -0.991. The van der Waals surface area contributed by atoms with Crippen LogP contribution in [0.1, 0.15) is 61.8 Å². The third kappa shape index (κ3) is 5.94. The number of rotatable bonds is 10. The van der Waals surface area contributed by atoms with Gasteiger partial charge in [0.2, 0.25) is 11.8 Å². The first-order valence-electron chi connectivity index (χ1n) is 11.4. The number of aryl methyl sites for hydroxylation is 1. The van der Waals surface area contributed by atoms with Crippen LogP contribution in [0.2, 0.25) is 0 Å². The van der Waals surface area contributed by atoms with Gasteiger partial charge in [-0.15, -0.1) is 0 Å². The van der Waals surface area contributed by atoms with E-state index in [9.17, 15) is 14.4 Å². The molecule has 10 nitrogen and oxygen atoms in total. The summed E-state index contributed by atoms with van der Waals surface area (Å²) in [6, 6.07) is 7.45. The quantitative estimate of drug-likeness (QED) is 0.464. The lowest BCUT2D eigenvalue weighted by Crippen LogP contribution is -2.45. The maximum absolute atomic E-state index is 13.4. The zero-order valence-electron chi connectivity index (χ0n) is 19.0. The van der Waals surface area contributed by atoms with Crippen molar-refractivity contribution in [3.8, 4) is 0 Å². The Labute approximate surface area is 196 Å². The Morgan fingerprint density at radius 1 is 1.12 bits per heavy atom. The number of carbonyl (C=O) groups is 3. The summed E-state index contributed by atoms with van der Waals surface area (Å²) in [4.78, 5) is 40.5. The van der Waals surface area contributed by atoms with E-state index in [2.05, 4.69) is 15.8 Å². The van der Waals surface area contributed by atoms with Crippen molar-refractivity contribution in [2.75, 3.05) is 5.32 Å². The van der Waals surface area contributed by atoms with Crippen molar-refractivity contribution in [3.63, 3.8) is 0 Å². The first-order chi connectivity index (χ1) is 16.5. The third-order valence-electron chi connectivity index (χ3n) is 5.76. The Hall–Kier alpha value is -3.82. The highest BCUT2D eigenvalue weighted by atomic mass is 16.5. The summed E-state index contributed by atoms with van der Waals surface area (Å²) < 4.78 is 15.9. The fourth-order valence-corrected chi connectivity index (χ4v) is 4.11. The van der Waals surface area contributed by atoms with Gasteiger partial charge in [0.25, 0.3) is 5.91 Å². The van der Waals surface area contributed by atoms with Gasteiger partial charge in [0.05, 0.1) is 19.1 Å². The van der Waals surface area contributed by atoms with Gasteiger partial charge in [-0.2, -0.15) is 0 Å². The molecule has 0 aromatic carbocycles. The topological polar surface area (TPSA) is 131 Å². The van der Waals surface area contributed by atoms with Gasteiger partial charge in [0, 0.05) is 24.9 Å². The molecule has 0 bridgehead atoms. The number of carbonyl (C=O) groups excluding carboxylic acids is 3. The summed E-state index contributed by atoms with van der Waals surface area (Å²) in [6.45, 7) is 1.77. The fourth-order valence-electron chi connectivity index (χ4n) is 4.11. The maximum atomic E-state index is 13.4. The maximum Gasteiger partial charge on any atom is 0.250 e. The number of furan rings is 2. The molecule has 2 N–H and O–H groups in total. The number of hydrogen-bond donors (Lipinski definition) is 2. The SMILES string of the molecule is Cc1cc(NC(=O)CCC(=O)N(Cc2ccco2)[C@H](C(=O)NC2CCCC2)c2ccco2)no1. The molecule has 3 aromatic heterocycles. The smallest absolute Gasteiger partial charge is 0.250 e. The second kappa shape index (κ2) is 10.9. The van der Waals surface area contributed by atoms with E-state index in [1.807, 2.05) is 0 Å². The molecule has 0 unspecified atom stereocenters. The molecule has 1 saturated carbocycles. The molecule has 3 aromatic rings. The molecular weight excluding hydrogens is 440 g/mol. The molecule has 1 aliphatic carbocycles. The Morgan fingerprint density at radius 3 is 2.53 bits per heavy atom. The number of aromatic nitrogens is 1. The molecule has 1 aliphatic rings. The number of anilines is 1. The summed E-state index contributed by atoms with van der Waals surface area (Å²) in [6.07, 6.45) is 6.71. The molecule has 0 aliphatic heterocycles. The van der Waals surface area contributed by atoms with Gasteiger partial charge < -0.3 is 28.9 Å². The molecule has 10 heteroatoms. The van der Waals surface area contributed by atoms with Crippen molar-refractivity contribution in [2.24, 2.45) is 0 Å². The molecule has 1 atom stereocenters. The first kappa shape index (κ1) is 23.3. The summed E-state index contributed by atoms with van der Waals surface area (Å²) in [7, 11) is 0. The number of hydrogen-bond acceptors (Lipinski definition) is 7. The van der Waals surface area contributed by atoms with Gasteiger partial charge in [-0.05, 0) is 44.0 Å². The van der Waals surface area contributed by atoms with Crippen LogP contribution in [0.25, 0.3) is 0 Å². The van der Waals surface area contributed by atoms with E-state index in [-0.39, 0.29) is 49.0 Å². The molecule has 180 valence electrons. The Balaban J connectivity index is 1.50. The third-order valence-corrected chi connectivity index (χ3v) is 5.76. The molecule has 4 rings (SSSR count). The van der Waals surface area contributed by atoms with E-state index in [1.165, 1.54) is 17.4 Å². The largest absolute Gasteiger partial charge is 0.467 e. The van der Waals surface area contributed by atoms with Gasteiger partial charge in [-0.3, -0.25) is 14.4 Å². The van der Waals surface area contributed by atoms with Crippen molar-refractivity contribution < 1.29 is 27.7 Å². The van der Waals surface area contributed by atoms with Crippen molar-refractivity contribution in [2.45, 2.75) is 64.1 Å². The van der Waals surface area contributed by atoms with Gasteiger partial charge in [0.15, 0.2) is 11.9 Å². The van der Waals surface area contributed by atoms with Crippen molar-refractivity contribution >= 4 is 23.5 Å². The second-order valence-corrected chi connectivity index (χ2v) is 8.38. The summed E-state index contributed by atoms with van der Waals surface area (Å²) in [5.41, 5.74) is 0. The normalized spacial score (nSPS) is 14.6. The van der Waals surface area contributed by atoms with Crippen molar-refractivity contribution in [1.29, 1.82) is 0 Å². The Bertz CT molecular complexity index is 1080. The van der Waals surface area contributed by atoms with E-state index in [0.29, 0.717) is 17.3 Å². The van der Waals surface area contributed by atoms with Crippen LogP contribution in [-0.4, -0.2) is 33.8 Å². The zero-order valence-corrected chi connectivity index (χ0v) is 19.0. The predicted molar refractivity (Wildman–Crippen MR) is 120 cm³/mol. The molecule has 34 heavy (non-hydrogen) atoms. The van der Waals surface area contributed by atoms with Crippen LogP contribution in [0.15, 0.2) is 56.2 Å². The van der Waals surface area contributed by atoms with E-state index >= 15 is 0 Å². The molecular formula is C24H28N4O6. The average Bonchev–Trinajstić information content (AvgIpc) is 3.61. The van der Waals surface area contributed by atoms with Gasteiger partial charge in [0.1, 0.15) is 17.3 Å². The van der Waals surface area contributed by atoms with E-state index in [1.54, 1.807) is 37.3 Å². The van der Waals surface area contributed by atoms with Crippen LogP contribution in [0.4, 0.5) is 5.82 Å². The van der Waals surface area contributed by atoms with Gasteiger partial charge in [-0.1, -0.05) is 18.0 Å². The van der Waals surface area contributed by atoms with Gasteiger partial charge in [-0.25, -0.2) is 0 Å². The minimum absolute atomic E-state index is 0.0549. The van der Waals surface area contributed by atoms with Gasteiger partial charge >= 0.3 is 0 Å². The van der Waals surface area contributed by atoms with Crippen LogP contribution < -0.4 is 10.6 Å². The van der Waals surface area contributed by atoms with E-state index in [0.717, 1.165) is 25.7 Å². The molecule has 0 radical (unpaired) electrons. The number of nitrogens with zero attached hydrogens (tertiary/aromatic N) is 2. The number of amides is 3. The summed E-state index contributed by atoms with van der Waals surface area (Å²) in [5.74, 6) is 0.621. The second-order valence-electron chi connectivity index (χ2n) is 8.38. The monoisotopic (exact) mass is 468 g/mol. The van der Waals surface area contributed by atoms with Crippen LogP contribution in [0.5, 0.6) is 0 Å². The van der Waals surface area contributed by atoms with Crippen LogP contribution in [-0.2, 0) is 20.9 Å². The lowest BCUT2D eigenvalue weighted by molar-refractivity contribution is -0.143. The van der Waals surface area contributed by atoms with Crippen molar-refractivity contribution in [1.82, 2.24) is 15.4 Å². The summed E-state index contributed by atoms with van der Waals surface area (Å²) in [5, 5.41) is 9.38. The highest BCUT2D eigenvalue weighted by Gasteiger charge is 2.35. The zero-order chi connectivity index (χ0) is 23.9. The van der Waals surface area contributed by atoms with Crippen molar-refractivity contribution in [3.05, 3.63) is 60.1 Å². The van der Waals surface area contributed by atoms with Crippen LogP contribution >= 0.6 is 0 Å². The Morgan fingerprint density at radius 2 is 1.88 bits per heavy atom. The van der Waals surface area contributed by atoms with Crippen LogP contribution in [0.3, 0.4) is 0 Å². The lowest BCUT2D eigenvalue weighted by atomic mass is 10.1. The molecule has 1 fully saturated rings. The number of nitrogens with one attached hydrogen (secondary N) is 2. The molecule has 3 heterocycles. The molecule has 0 saturated heterocycles. The summed E-state index contributed by atoms with van der Waals surface area (Å²) >= 11 is 0. The molecule has 3 amide bonds. The fraction of sp³-hybridized carbons (Fsp3) is 0.417. The highest BCUT2D eigenvalue weighted by molar-refractivity contribution is 5.93. The van der Waals surface area contributed by atoms with E-state index < -0.39 is 6.04 Å². The average molecular weight is 469 g/mol. The molecule has 0 spiro atoms. The predicted octanol–water partition coefficient (Wildman–Crippen LogP) is 3.72. The highest BCUT2D eigenvalue weighted by Crippen LogP contribution is 2.27. The lowest BCUT2D eigenvalue weighted by Gasteiger charge is -2.30. The van der Waals surface area contributed by atoms with Crippen LogP contribution in [0, 0.1) is 6.92 Å². The Kier molecular flexibility index (Phi) is 7.46. The standard InChI is InChI=1S/C24H28N4O6/c1-16-14-20(27-34-16)26-21(29)10-11-22(30)28(15-18-8-4-12-32-18)23(19-9-5-13-33-19)24(31)25-17-6-2-3-7-17/h4-5,8-9,12-14,17,23H,2-3,6-7,10-11,15H2,1H3,(H,25,31)(H,26,27,29)/t23-/m0/s1.